The zero-order valence-electron chi connectivity index (χ0n) is 9.41. The predicted molar refractivity (Wildman–Crippen MR) is 51.8 cm³/mol. The smallest absolute Gasteiger partial charge is 0.354 e. The van der Waals surface area contributed by atoms with Gasteiger partial charge in [0.15, 0.2) is 5.79 Å². The molecule has 7 heteroatoms. The minimum Gasteiger partial charge on any atom is -0.478 e. The summed E-state index contributed by atoms with van der Waals surface area (Å²) >= 11 is 0. The SMILES string of the molecule is CC1(C)O[C@H]2[C@@H](O1)[C@](C#N)(C(=O)O)O[C@@H]2CO. The van der Waals surface area contributed by atoms with E-state index in [1.807, 2.05) is 0 Å². The molecule has 0 radical (unpaired) electrons. The lowest BCUT2D eigenvalue weighted by molar-refractivity contribution is -0.208. The quantitative estimate of drug-likeness (QED) is 0.656. The maximum Gasteiger partial charge on any atom is 0.354 e. The maximum absolute atomic E-state index is 11.2. The van der Waals surface area contributed by atoms with E-state index < -0.39 is 42.3 Å². The van der Waals surface area contributed by atoms with Crippen LogP contribution < -0.4 is 0 Å². The normalized spacial score (nSPS) is 43.1. The zero-order chi connectivity index (χ0) is 12.8. The third kappa shape index (κ3) is 1.61. The molecule has 0 aliphatic carbocycles. The molecule has 2 saturated heterocycles. The van der Waals surface area contributed by atoms with Crippen LogP contribution in [0.15, 0.2) is 0 Å². The number of nitrogens with zero attached hydrogens (tertiary/aromatic N) is 1. The molecule has 2 N–H and O–H groups in total. The third-order valence-electron chi connectivity index (χ3n) is 2.90. The number of hydrogen-bond donors (Lipinski definition) is 2. The van der Waals surface area contributed by atoms with E-state index in [0.717, 1.165) is 0 Å². The summed E-state index contributed by atoms with van der Waals surface area (Å²) < 4.78 is 16.0. The molecule has 0 amide bonds. The topological polar surface area (TPSA) is 109 Å². The average molecular weight is 243 g/mol. The van der Waals surface area contributed by atoms with Crippen molar-refractivity contribution in [1.82, 2.24) is 0 Å². The standard InChI is InChI=1S/C10H13NO6/c1-9(2)16-6-5(3-12)15-10(4-11,8(13)14)7(6)17-9/h5-7,12H,3H2,1-2H3,(H,13,14)/t5-,6-,7-,10-/m1/s1. The summed E-state index contributed by atoms with van der Waals surface area (Å²) in [5.74, 6) is -2.43. The molecule has 0 saturated carbocycles. The van der Waals surface area contributed by atoms with Gasteiger partial charge in [0.05, 0.1) is 6.61 Å². The van der Waals surface area contributed by atoms with Crippen LogP contribution in [0.3, 0.4) is 0 Å². The van der Waals surface area contributed by atoms with Crippen LogP contribution in [0, 0.1) is 11.3 Å². The monoisotopic (exact) mass is 243 g/mol. The lowest BCUT2D eigenvalue weighted by Gasteiger charge is -2.25. The van der Waals surface area contributed by atoms with Gasteiger partial charge in [-0.2, -0.15) is 5.26 Å². The summed E-state index contributed by atoms with van der Waals surface area (Å²) in [5.41, 5.74) is -2.12. The highest BCUT2D eigenvalue weighted by atomic mass is 16.8. The first-order chi connectivity index (χ1) is 7.86. The Labute approximate surface area is 97.5 Å². The zero-order valence-corrected chi connectivity index (χ0v) is 9.41. The number of aliphatic carboxylic acids is 1. The molecule has 4 atom stereocenters. The third-order valence-corrected chi connectivity index (χ3v) is 2.90. The van der Waals surface area contributed by atoms with E-state index in [1.54, 1.807) is 19.9 Å². The van der Waals surface area contributed by atoms with E-state index >= 15 is 0 Å². The van der Waals surface area contributed by atoms with Crippen molar-refractivity contribution in [2.24, 2.45) is 0 Å². The molecule has 2 rings (SSSR count). The van der Waals surface area contributed by atoms with Crippen molar-refractivity contribution in [3.63, 3.8) is 0 Å². The van der Waals surface area contributed by atoms with Gasteiger partial charge in [-0.05, 0) is 13.8 Å². The molecule has 2 heterocycles. The first kappa shape index (κ1) is 12.3. The molecule has 0 aromatic carbocycles. The summed E-state index contributed by atoms with van der Waals surface area (Å²) in [6.45, 7) is 2.80. The highest BCUT2D eigenvalue weighted by Gasteiger charge is 2.67. The molecule has 7 nitrogen and oxygen atoms in total. The van der Waals surface area contributed by atoms with E-state index in [2.05, 4.69) is 0 Å². The fourth-order valence-electron chi connectivity index (χ4n) is 2.20. The van der Waals surface area contributed by atoms with Crippen LogP contribution >= 0.6 is 0 Å². The van der Waals surface area contributed by atoms with Crippen LogP contribution in [0.4, 0.5) is 0 Å². The average Bonchev–Trinajstić information content (AvgIpc) is 2.69. The van der Waals surface area contributed by atoms with Crippen molar-refractivity contribution < 1.29 is 29.2 Å². The van der Waals surface area contributed by atoms with Crippen molar-refractivity contribution in [1.29, 1.82) is 5.26 Å². The molecule has 94 valence electrons. The number of rotatable bonds is 2. The van der Waals surface area contributed by atoms with Crippen molar-refractivity contribution in [3.05, 3.63) is 0 Å². The Balaban J connectivity index is 2.39. The number of carboxylic acids is 1. The minimum atomic E-state index is -2.12. The number of aliphatic hydroxyl groups excluding tert-OH is 1. The van der Waals surface area contributed by atoms with E-state index in [0.29, 0.717) is 0 Å². The highest BCUT2D eigenvalue weighted by molar-refractivity contribution is 5.83. The Morgan fingerprint density at radius 2 is 2.06 bits per heavy atom. The molecule has 0 spiro atoms. The first-order valence-electron chi connectivity index (χ1n) is 5.15. The largest absolute Gasteiger partial charge is 0.478 e. The molecule has 0 bridgehead atoms. The van der Waals surface area contributed by atoms with Crippen molar-refractivity contribution in [2.75, 3.05) is 6.61 Å². The predicted octanol–water partition coefficient (Wildman–Crippen LogP) is -0.755. The van der Waals surface area contributed by atoms with Gasteiger partial charge in [0.2, 0.25) is 0 Å². The van der Waals surface area contributed by atoms with Gasteiger partial charge in [-0.25, -0.2) is 4.79 Å². The number of ether oxygens (including phenoxy) is 3. The van der Waals surface area contributed by atoms with Crippen LogP contribution in [-0.4, -0.2) is 52.5 Å². The van der Waals surface area contributed by atoms with Gasteiger partial charge in [0.1, 0.15) is 24.4 Å². The highest BCUT2D eigenvalue weighted by Crippen LogP contribution is 2.43. The number of carboxylic acid groups (broad SMARTS) is 1. The van der Waals surface area contributed by atoms with E-state index in [-0.39, 0.29) is 0 Å². The van der Waals surface area contributed by atoms with Gasteiger partial charge >= 0.3 is 5.97 Å². The molecule has 2 aliphatic heterocycles. The Kier molecular flexibility index (Phi) is 2.63. The second kappa shape index (κ2) is 3.65. The van der Waals surface area contributed by atoms with Crippen molar-refractivity contribution in [3.8, 4) is 6.07 Å². The molecule has 0 unspecified atom stereocenters. The Morgan fingerprint density at radius 1 is 1.41 bits per heavy atom. The Hall–Kier alpha value is -1.20. The van der Waals surface area contributed by atoms with Crippen LogP contribution in [0.5, 0.6) is 0 Å². The minimum absolute atomic E-state index is 0.433. The van der Waals surface area contributed by atoms with Crippen molar-refractivity contribution in [2.45, 2.75) is 43.5 Å². The molecule has 17 heavy (non-hydrogen) atoms. The number of fused-ring (bicyclic) bond motifs is 1. The Morgan fingerprint density at radius 3 is 2.53 bits per heavy atom. The second-order valence-electron chi connectivity index (χ2n) is 4.51. The fourth-order valence-corrected chi connectivity index (χ4v) is 2.20. The van der Waals surface area contributed by atoms with Crippen LogP contribution in [0.25, 0.3) is 0 Å². The van der Waals surface area contributed by atoms with E-state index in [9.17, 15) is 4.79 Å². The van der Waals surface area contributed by atoms with Gasteiger partial charge in [-0.15, -0.1) is 0 Å². The van der Waals surface area contributed by atoms with Gasteiger partial charge in [-0.3, -0.25) is 0 Å². The van der Waals surface area contributed by atoms with Gasteiger partial charge in [0, 0.05) is 0 Å². The van der Waals surface area contributed by atoms with E-state index in [1.165, 1.54) is 0 Å². The van der Waals surface area contributed by atoms with Crippen molar-refractivity contribution >= 4 is 5.97 Å². The fraction of sp³-hybridized carbons (Fsp3) is 0.800. The Bertz CT molecular complexity index is 389. The van der Waals surface area contributed by atoms with Crippen LogP contribution in [0.1, 0.15) is 13.8 Å². The summed E-state index contributed by atoms with van der Waals surface area (Å²) in [4.78, 5) is 11.2. The summed E-state index contributed by atoms with van der Waals surface area (Å²) in [5, 5.41) is 27.3. The molecular weight excluding hydrogens is 230 g/mol. The molecule has 2 aliphatic rings. The number of aliphatic hydroxyl groups is 1. The second-order valence-corrected chi connectivity index (χ2v) is 4.51. The van der Waals surface area contributed by atoms with E-state index in [4.69, 9.17) is 29.7 Å². The van der Waals surface area contributed by atoms with Crippen LogP contribution in [0.2, 0.25) is 0 Å². The van der Waals surface area contributed by atoms with Crippen LogP contribution in [-0.2, 0) is 19.0 Å². The van der Waals surface area contributed by atoms with Gasteiger partial charge in [0.25, 0.3) is 5.60 Å². The summed E-state index contributed by atoms with van der Waals surface area (Å²) in [6, 6.07) is 1.61. The molecule has 2 fully saturated rings. The molecule has 0 aromatic rings. The first-order valence-corrected chi connectivity index (χ1v) is 5.15. The number of carbonyl (C=O) groups is 1. The summed E-state index contributed by atoms with van der Waals surface area (Å²) in [6.07, 6.45) is -2.68. The number of nitriles is 1. The number of hydrogen-bond acceptors (Lipinski definition) is 6. The molecular formula is C10H13NO6. The maximum atomic E-state index is 11.2. The lowest BCUT2D eigenvalue weighted by atomic mass is 9.96. The lowest BCUT2D eigenvalue weighted by Crippen LogP contribution is -2.48. The van der Waals surface area contributed by atoms with Gasteiger partial charge in [-0.1, -0.05) is 0 Å². The molecule has 0 aromatic heterocycles. The van der Waals surface area contributed by atoms with Gasteiger partial charge < -0.3 is 24.4 Å². The summed E-state index contributed by atoms with van der Waals surface area (Å²) in [7, 11) is 0.